The van der Waals surface area contributed by atoms with E-state index in [1.54, 1.807) is 97.1 Å². The van der Waals surface area contributed by atoms with Gasteiger partial charge in [0, 0.05) is 0 Å². The Morgan fingerprint density at radius 1 is 0.235 bits per heavy atom. The molecule has 13 heteroatoms. The minimum absolute atomic E-state index is 0. The number of carbonyl (C=O) groups is 4. The summed E-state index contributed by atoms with van der Waals surface area (Å²) in [6, 6.07) is 67.1. The molecule has 0 aliphatic carbocycles. The van der Waals surface area contributed by atoms with Crippen LogP contribution in [0.5, 0.6) is 0 Å². The normalized spacial score (nSPS) is 11.5. The maximum absolute atomic E-state index is 11.7. The minimum Gasteiger partial charge on any atom is -0.657 e. The molecule has 0 radical (unpaired) electrons. The van der Waals surface area contributed by atoms with E-state index in [4.69, 9.17) is 19.9 Å². The third kappa shape index (κ3) is 10.7. The first kappa shape index (κ1) is 54.4. The van der Waals surface area contributed by atoms with Crippen LogP contribution < -0.4 is 9.97 Å². The fourth-order valence-corrected chi connectivity index (χ4v) is 10.8. The molecule has 12 nitrogen and oxygen atoms in total. The summed E-state index contributed by atoms with van der Waals surface area (Å²) in [6.45, 7) is 0. The SMILES string of the molecule is O=C(O)c1ccc(-c2ccc(-c3c4nc(c(-c5ccc(-c6ccc(C(=O)O)cc6)cc5)c5ccc([n-]5)c(-c5ccc(-c6ccc(C(=O)O)cc6)cc5)c5nc(c(-c6ccc(-c7ccc(C(=O)O)cc7)cc6)c6ccc3[n-]6)C=C5)C=C4)cc2)cc1.[Fe+2]. The van der Waals surface area contributed by atoms with E-state index in [0.29, 0.717) is 44.8 Å². The fraction of sp³-hybridized carbons (Fsp3) is 0. The number of fused-ring (bicyclic) bond motifs is 8. The Hall–Kier alpha value is -11.2. The number of aromatic carboxylic acids is 4. The van der Waals surface area contributed by atoms with Crippen LogP contribution >= 0.6 is 0 Å². The van der Waals surface area contributed by atoms with E-state index in [1.165, 1.54) is 0 Å². The number of nitrogens with zero attached hydrogens (tertiary/aromatic N) is 4. The molecular weight excluding hydrogens is 1100 g/mol. The molecular formula is C72H44FeN4O8. The van der Waals surface area contributed by atoms with Crippen LogP contribution in [0.2, 0.25) is 0 Å². The van der Waals surface area contributed by atoms with E-state index in [1.807, 2.05) is 146 Å². The number of rotatable bonds is 12. The second-order valence-corrected chi connectivity index (χ2v) is 20.2. The topological polar surface area (TPSA) is 203 Å². The summed E-state index contributed by atoms with van der Waals surface area (Å²) in [5.41, 5.74) is 19.3. The molecule has 13 rings (SSSR count). The van der Waals surface area contributed by atoms with Crippen molar-refractivity contribution in [1.82, 2.24) is 19.9 Å². The van der Waals surface area contributed by atoms with Crippen molar-refractivity contribution in [3.05, 3.63) is 263 Å². The molecule has 0 unspecified atom stereocenters. The van der Waals surface area contributed by atoms with Crippen molar-refractivity contribution in [2.45, 2.75) is 0 Å². The van der Waals surface area contributed by atoms with Crippen molar-refractivity contribution < 1.29 is 56.7 Å². The van der Waals surface area contributed by atoms with Gasteiger partial charge in [-0.3, -0.25) is 0 Å². The zero-order chi connectivity index (χ0) is 57.6. The first-order valence-corrected chi connectivity index (χ1v) is 26.7. The van der Waals surface area contributed by atoms with Gasteiger partial charge in [-0.1, -0.05) is 170 Å². The van der Waals surface area contributed by atoms with E-state index in [9.17, 15) is 39.6 Å². The molecule has 5 heterocycles. The quantitative estimate of drug-likeness (QED) is 0.0844. The van der Waals surface area contributed by atoms with Gasteiger partial charge in [0.25, 0.3) is 0 Å². The Morgan fingerprint density at radius 3 is 0.553 bits per heavy atom. The van der Waals surface area contributed by atoms with E-state index >= 15 is 0 Å². The number of carboxylic acid groups (broad SMARTS) is 4. The molecule has 0 spiro atoms. The molecule has 2 aliphatic heterocycles. The maximum atomic E-state index is 11.7. The van der Waals surface area contributed by atoms with Gasteiger partial charge in [0.2, 0.25) is 0 Å². The summed E-state index contributed by atoms with van der Waals surface area (Å²) >= 11 is 0. The minimum atomic E-state index is -1.000. The van der Waals surface area contributed by atoms with Crippen molar-refractivity contribution in [2.24, 2.45) is 0 Å². The number of carboxylic acids is 4. The second-order valence-electron chi connectivity index (χ2n) is 20.2. The summed E-state index contributed by atoms with van der Waals surface area (Å²) in [7, 11) is 0. The molecule has 3 aromatic heterocycles. The summed E-state index contributed by atoms with van der Waals surface area (Å²) in [5.74, 6) is -4.00. The summed E-state index contributed by atoms with van der Waals surface area (Å²) in [6.07, 6.45) is 7.96. The van der Waals surface area contributed by atoms with Gasteiger partial charge < -0.3 is 30.4 Å². The van der Waals surface area contributed by atoms with Gasteiger partial charge in [0.05, 0.1) is 45.0 Å². The summed E-state index contributed by atoms with van der Waals surface area (Å²) < 4.78 is 0. The first-order valence-electron chi connectivity index (χ1n) is 26.7. The number of hydrogen-bond acceptors (Lipinski definition) is 6. The van der Waals surface area contributed by atoms with Crippen molar-refractivity contribution in [2.75, 3.05) is 0 Å². The average molecular weight is 1150 g/mol. The predicted molar refractivity (Wildman–Crippen MR) is 328 cm³/mol. The number of benzene rings is 8. The van der Waals surface area contributed by atoms with Crippen molar-refractivity contribution in [1.29, 1.82) is 0 Å². The zero-order valence-corrected chi connectivity index (χ0v) is 45.8. The molecule has 0 saturated heterocycles. The van der Waals surface area contributed by atoms with Crippen LogP contribution in [0.25, 0.3) is 135 Å². The van der Waals surface area contributed by atoms with Crippen LogP contribution in [0.4, 0.5) is 0 Å². The first-order chi connectivity index (χ1) is 40.9. The van der Waals surface area contributed by atoms with Crippen molar-refractivity contribution in [3.8, 4) is 89.0 Å². The van der Waals surface area contributed by atoms with E-state index in [2.05, 4.69) is 0 Å². The number of aromatic nitrogens is 4. The summed E-state index contributed by atoms with van der Waals surface area (Å²) in [4.78, 5) is 68.6. The molecule has 8 bridgehead atoms. The van der Waals surface area contributed by atoms with Gasteiger partial charge in [-0.25, -0.2) is 29.1 Å². The van der Waals surface area contributed by atoms with Gasteiger partial charge >= 0.3 is 40.9 Å². The van der Waals surface area contributed by atoms with Crippen LogP contribution in [-0.2, 0) is 17.1 Å². The largest absolute Gasteiger partial charge is 2.00 e. The molecule has 408 valence electrons. The molecule has 85 heavy (non-hydrogen) atoms. The average Bonchev–Trinajstić information content (AvgIpc) is 3.03. The zero-order valence-electron chi connectivity index (χ0n) is 44.7. The van der Waals surface area contributed by atoms with Gasteiger partial charge in [-0.15, -0.1) is 22.1 Å². The Bertz CT molecular complexity index is 4110. The Kier molecular flexibility index (Phi) is 14.5. The third-order valence-electron chi connectivity index (χ3n) is 15.2. The predicted octanol–water partition coefficient (Wildman–Crippen LogP) is 16.0. The molecule has 11 aromatic rings. The molecule has 4 N–H and O–H groups in total. The van der Waals surface area contributed by atoms with Crippen LogP contribution in [0.3, 0.4) is 0 Å². The molecule has 8 aromatic carbocycles. The van der Waals surface area contributed by atoms with Gasteiger partial charge in [0.1, 0.15) is 0 Å². The van der Waals surface area contributed by atoms with Crippen LogP contribution in [0, 0.1) is 0 Å². The van der Waals surface area contributed by atoms with Gasteiger partial charge in [0.15, 0.2) is 0 Å². The van der Waals surface area contributed by atoms with Gasteiger partial charge in [-0.2, -0.15) is 0 Å². The smallest absolute Gasteiger partial charge is 0.657 e. The molecule has 0 saturated carbocycles. The summed E-state index contributed by atoms with van der Waals surface area (Å²) in [5, 5.41) is 38.3. The Morgan fingerprint density at radius 2 is 0.388 bits per heavy atom. The van der Waals surface area contributed by atoms with Crippen molar-refractivity contribution in [3.63, 3.8) is 0 Å². The van der Waals surface area contributed by atoms with Crippen LogP contribution in [-0.4, -0.2) is 54.3 Å². The van der Waals surface area contributed by atoms with E-state index in [-0.39, 0.29) is 39.3 Å². The Balaban J connectivity index is 0.00000709. The molecule has 0 atom stereocenters. The van der Waals surface area contributed by atoms with E-state index in [0.717, 1.165) is 89.0 Å². The molecule has 2 aliphatic rings. The monoisotopic (exact) mass is 1150 g/mol. The molecule has 0 fully saturated rings. The number of hydrogen-bond donors (Lipinski definition) is 4. The Labute approximate surface area is 496 Å². The second kappa shape index (κ2) is 22.6. The van der Waals surface area contributed by atoms with Crippen LogP contribution in [0.15, 0.2) is 218 Å². The van der Waals surface area contributed by atoms with Crippen molar-refractivity contribution >= 4 is 70.2 Å². The van der Waals surface area contributed by atoms with Crippen LogP contribution in [0.1, 0.15) is 64.2 Å². The standard InChI is InChI=1S/C72H46N4O8.Fe/c77-69(78)53-25-9-45(10-26-53)41-1-17-49(18-2-41)65-57-33-35-59(73-57)66(50-19-3-42(4-20-50)46-11-27-54(28-12-46)70(79)80)61-37-39-63(75-61)68(52-23-7-44(8-24-52)48-15-31-56(32-16-48)72(83)84)64-40-38-62(76-64)67(60-36-34-58(65)74-60)51-21-5-43(6-22-51)47-13-29-55(30-14-47)71(81)82;/h1-40H,(H6,73,74,75,76,77,78,79,80,81,82,83,84);/q;+2/p-2. The third-order valence-corrected chi connectivity index (χ3v) is 15.2. The molecule has 0 amide bonds. The maximum Gasteiger partial charge on any atom is 2.00 e. The van der Waals surface area contributed by atoms with E-state index < -0.39 is 23.9 Å². The fourth-order valence-electron chi connectivity index (χ4n) is 10.8. The van der Waals surface area contributed by atoms with Gasteiger partial charge in [-0.05, 0) is 162 Å².